The lowest BCUT2D eigenvalue weighted by atomic mass is 9.90. The first-order valence-corrected chi connectivity index (χ1v) is 7.51. The Balaban J connectivity index is 1.79. The minimum atomic E-state index is -2.27. The summed E-state index contributed by atoms with van der Waals surface area (Å²) >= 11 is 0. The van der Waals surface area contributed by atoms with Crippen molar-refractivity contribution in [2.75, 3.05) is 19.6 Å². The van der Waals surface area contributed by atoms with Gasteiger partial charge >= 0.3 is 0 Å². The fourth-order valence-electron chi connectivity index (χ4n) is 3.76. The summed E-state index contributed by atoms with van der Waals surface area (Å²) in [5.74, 6) is 0. The molecule has 1 N–H and O–H groups in total. The summed E-state index contributed by atoms with van der Waals surface area (Å²) in [6, 6.07) is 10.1. The van der Waals surface area contributed by atoms with E-state index in [9.17, 15) is 8.78 Å². The molecular weight excluding hydrogens is 258 g/mol. The molecule has 2 nitrogen and oxygen atoms in total. The molecule has 1 heterocycles. The number of alkyl halides is 2. The Labute approximate surface area is 119 Å². The minimum Gasteiger partial charge on any atom is -0.308 e. The molecule has 2 aliphatic rings. The highest BCUT2D eigenvalue weighted by Gasteiger charge is 2.41. The van der Waals surface area contributed by atoms with Crippen molar-refractivity contribution < 1.29 is 8.78 Å². The molecule has 1 atom stereocenters. The summed E-state index contributed by atoms with van der Waals surface area (Å²) < 4.78 is 25.8. The number of piperazine rings is 1. The molecule has 1 spiro atoms. The summed E-state index contributed by atoms with van der Waals surface area (Å²) in [5.41, 5.74) is 1.22. The molecule has 0 aromatic heterocycles. The Morgan fingerprint density at radius 1 is 1.20 bits per heavy atom. The molecule has 1 unspecified atom stereocenters. The first-order valence-electron chi connectivity index (χ1n) is 7.51. The van der Waals surface area contributed by atoms with Gasteiger partial charge in [0.2, 0.25) is 0 Å². The van der Waals surface area contributed by atoms with Crippen LogP contribution in [0.3, 0.4) is 0 Å². The lowest BCUT2D eigenvalue weighted by Crippen LogP contribution is -2.60. The quantitative estimate of drug-likeness (QED) is 0.914. The van der Waals surface area contributed by atoms with Gasteiger partial charge < -0.3 is 5.32 Å². The summed E-state index contributed by atoms with van der Waals surface area (Å²) in [4.78, 5) is 1.99. The van der Waals surface area contributed by atoms with E-state index in [-0.39, 0.29) is 18.1 Å². The van der Waals surface area contributed by atoms with Crippen LogP contribution in [0.1, 0.15) is 37.3 Å². The first kappa shape index (κ1) is 14.0. The van der Waals surface area contributed by atoms with Crippen molar-refractivity contribution in [3.8, 4) is 0 Å². The highest BCUT2D eigenvalue weighted by atomic mass is 19.3. The van der Waals surface area contributed by atoms with Crippen LogP contribution in [0.2, 0.25) is 0 Å². The Bertz CT molecular complexity index is 429. The van der Waals surface area contributed by atoms with Gasteiger partial charge in [0, 0.05) is 24.7 Å². The SMILES string of the molecule is FC(F)CN1CC2(CCCC2)NCC1c1ccccc1. The van der Waals surface area contributed by atoms with Crippen LogP contribution in [-0.4, -0.2) is 36.5 Å². The van der Waals surface area contributed by atoms with E-state index >= 15 is 0 Å². The molecule has 3 rings (SSSR count). The van der Waals surface area contributed by atoms with Crippen molar-refractivity contribution in [2.45, 2.75) is 43.7 Å². The van der Waals surface area contributed by atoms with Crippen LogP contribution >= 0.6 is 0 Å². The highest BCUT2D eigenvalue weighted by molar-refractivity contribution is 5.21. The van der Waals surface area contributed by atoms with E-state index in [1.54, 1.807) is 0 Å². The molecule has 1 aromatic rings. The Morgan fingerprint density at radius 3 is 2.55 bits per heavy atom. The van der Waals surface area contributed by atoms with Crippen molar-refractivity contribution in [1.29, 1.82) is 0 Å². The molecule has 1 aliphatic carbocycles. The van der Waals surface area contributed by atoms with Crippen LogP contribution in [0.4, 0.5) is 8.78 Å². The lowest BCUT2D eigenvalue weighted by Gasteiger charge is -2.46. The topological polar surface area (TPSA) is 15.3 Å². The van der Waals surface area contributed by atoms with Gasteiger partial charge in [0.15, 0.2) is 0 Å². The predicted octanol–water partition coefficient (Wildman–Crippen LogP) is 3.21. The second-order valence-corrected chi connectivity index (χ2v) is 6.12. The van der Waals surface area contributed by atoms with E-state index in [4.69, 9.17) is 0 Å². The van der Waals surface area contributed by atoms with E-state index in [2.05, 4.69) is 5.32 Å². The van der Waals surface area contributed by atoms with Crippen LogP contribution in [0.5, 0.6) is 0 Å². The van der Waals surface area contributed by atoms with Crippen molar-refractivity contribution >= 4 is 0 Å². The molecule has 2 fully saturated rings. The number of nitrogens with zero attached hydrogens (tertiary/aromatic N) is 1. The molecule has 1 saturated heterocycles. The van der Waals surface area contributed by atoms with Crippen LogP contribution in [0.15, 0.2) is 30.3 Å². The van der Waals surface area contributed by atoms with E-state index < -0.39 is 6.43 Å². The zero-order valence-corrected chi connectivity index (χ0v) is 11.7. The number of hydrogen-bond donors (Lipinski definition) is 1. The summed E-state index contributed by atoms with van der Waals surface area (Å²) in [6.07, 6.45) is 2.40. The Hall–Kier alpha value is -1.00. The van der Waals surface area contributed by atoms with Crippen molar-refractivity contribution in [3.63, 3.8) is 0 Å². The minimum absolute atomic E-state index is 0.0661. The molecule has 0 bridgehead atoms. The molecule has 1 aliphatic heterocycles. The summed E-state index contributed by atoms with van der Waals surface area (Å²) in [7, 11) is 0. The zero-order chi connectivity index (χ0) is 14.0. The van der Waals surface area contributed by atoms with Crippen LogP contribution in [0.25, 0.3) is 0 Å². The molecule has 1 saturated carbocycles. The average molecular weight is 280 g/mol. The van der Waals surface area contributed by atoms with Crippen molar-refractivity contribution in [1.82, 2.24) is 10.2 Å². The molecule has 1 aromatic carbocycles. The molecular formula is C16H22F2N2. The predicted molar refractivity (Wildman–Crippen MR) is 76.0 cm³/mol. The van der Waals surface area contributed by atoms with E-state index in [0.29, 0.717) is 0 Å². The Kier molecular flexibility index (Phi) is 4.03. The normalized spacial score (nSPS) is 26.4. The largest absolute Gasteiger partial charge is 0.308 e. The maximum absolute atomic E-state index is 12.9. The van der Waals surface area contributed by atoms with Gasteiger partial charge in [0.25, 0.3) is 6.43 Å². The van der Waals surface area contributed by atoms with Crippen LogP contribution in [-0.2, 0) is 0 Å². The van der Waals surface area contributed by atoms with Gasteiger partial charge in [-0.05, 0) is 18.4 Å². The monoisotopic (exact) mass is 280 g/mol. The van der Waals surface area contributed by atoms with E-state index in [1.165, 1.54) is 12.8 Å². The molecule has 20 heavy (non-hydrogen) atoms. The number of hydrogen-bond acceptors (Lipinski definition) is 2. The van der Waals surface area contributed by atoms with Gasteiger partial charge in [-0.15, -0.1) is 0 Å². The third-order valence-electron chi connectivity index (χ3n) is 4.73. The molecule has 0 radical (unpaired) electrons. The van der Waals surface area contributed by atoms with E-state index in [0.717, 1.165) is 31.5 Å². The van der Waals surface area contributed by atoms with Gasteiger partial charge in [-0.3, -0.25) is 4.90 Å². The molecule has 110 valence electrons. The third-order valence-corrected chi connectivity index (χ3v) is 4.73. The Morgan fingerprint density at radius 2 is 1.90 bits per heavy atom. The number of nitrogens with one attached hydrogen (secondary N) is 1. The first-order chi connectivity index (χ1) is 9.69. The van der Waals surface area contributed by atoms with Gasteiger partial charge in [-0.25, -0.2) is 8.78 Å². The highest BCUT2D eigenvalue weighted by Crippen LogP contribution is 2.36. The molecule has 4 heteroatoms. The smallest absolute Gasteiger partial charge is 0.251 e. The molecule has 0 amide bonds. The van der Waals surface area contributed by atoms with Gasteiger partial charge in [0.05, 0.1) is 6.54 Å². The third kappa shape index (κ3) is 2.86. The average Bonchev–Trinajstić information content (AvgIpc) is 2.87. The van der Waals surface area contributed by atoms with E-state index in [1.807, 2.05) is 35.2 Å². The standard InChI is InChI=1S/C16H22F2N2/c17-15(18)11-20-12-16(8-4-5-9-16)19-10-14(20)13-6-2-1-3-7-13/h1-3,6-7,14-15,19H,4-5,8-12H2. The maximum Gasteiger partial charge on any atom is 0.251 e. The van der Waals surface area contributed by atoms with Crippen molar-refractivity contribution in [2.24, 2.45) is 0 Å². The van der Waals surface area contributed by atoms with Gasteiger partial charge in [0.1, 0.15) is 0 Å². The van der Waals surface area contributed by atoms with Crippen LogP contribution in [0, 0.1) is 0 Å². The number of benzene rings is 1. The van der Waals surface area contributed by atoms with Crippen LogP contribution < -0.4 is 5.32 Å². The summed E-state index contributed by atoms with van der Waals surface area (Å²) in [6.45, 7) is 1.40. The second kappa shape index (κ2) is 5.78. The second-order valence-electron chi connectivity index (χ2n) is 6.12. The zero-order valence-electron chi connectivity index (χ0n) is 11.7. The number of rotatable bonds is 3. The number of halogens is 2. The fourth-order valence-corrected chi connectivity index (χ4v) is 3.76. The van der Waals surface area contributed by atoms with Gasteiger partial charge in [-0.2, -0.15) is 0 Å². The fraction of sp³-hybridized carbons (Fsp3) is 0.625. The van der Waals surface area contributed by atoms with Crippen molar-refractivity contribution in [3.05, 3.63) is 35.9 Å². The van der Waals surface area contributed by atoms with Gasteiger partial charge in [-0.1, -0.05) is 43.2 Å². The lowest BCUT2D eigenvalue weighted by molar-refractivity contribution is 0.0203. The summed E-state index contributed by atoms with van der Waals surface area (Å²) in [5, 5.41) is 3.66. The maximum atomic E-state index is 12.9.